The van der Waals surface area contributed by atoms with Gasteiger partial charge in [0, 0.05) is 12.7 Å². The van der Waals surface area contributed by atoms with Crippen LogP contribution in [0.15, 0.2) is 42.5 Å². The average molecular weight is 282 g/mol. The SMILES string of the molecule is COC1(C(=O)c2cccc3ccccc23)CCCC(C)C1. The molecule has 1 aliphatic rings. The fraction of sp³-hybridized carbons (Fsp3) is 0.421. The molecule has 1 aliphatic carbocycles. The first kappa shape index (κ1) is 14.3. The smallest absolute Gasteiger partial charge is 0.195 e. The number of ether oxygens (including phenoxy) is 1. The molecule has 0 N–H and O–H groups in total. The molecule has 2 aromatic rings. The van der Waals surface area contributed by atoms with E-state index in [1.807, 2.05) is 30.3 Å². The van der Waals surface area contributed by atoms with Crippen LogP contribution in [0.25, 0.3) is 10.8 Å². The maximum Gasteiger partial charge on any atom is 0.195 e. The highest BCUT2D eigenvalue weighted by atomic mass is 16.5. The topological polar surface area (TPSA) is 26.3 Å². The number of rotatable bonds is 3. The zero-order valence-electron chi connectivity index (χ0n) is 12.8. The molecule has 0 saturated heterocycles. The molecular formula is C19H22O2. The van der Waals surface area contributed by atoms with Crippen LogP contribution in [0.3, 0.4) is 0 Å². The Balaban J connectivity index is 2.07. The molecule has 0 spiro atoms. The molecule has 0 aliphatic heterocycles. The van der Waals surface area contributed by atoms with Crippen LogP contribution < -0.4 is 0 Å². The monoisotopic (exact) mass is 282 g/mol. The third kappa shape index (κ3) is 2.49. The number of hydrogen-bond donors (Lipinski definition) is 0. The first-order valence-electron chi connectivity index (χ1n) is 7.74. The molecule has 0 bridgehead atoms. The Morgan fingerprint density at radius 1 is 1.19 bits per heavy atom. The zero-order chi connectivity index (χ0) is 14.9. The highest BCUT2D eigenvalue weighted by Gasteiger charge is 2.42. The first-order valence-corrected chi connectivity index (χ1v) is 7.74. The van der Waals surface area contributed by atoms with E-state index in [0.717, 1.165) is 35.6 Å². The normalized spacial score (nSPS) is 25.9. The summed E-state index contributed by atoms with van der Waals surface area (Å²) in [6.07, 6.45) is 3.90. The Kier molecular flexibility index (Phi) is 3.81. The van der Waals surface area contributed by atoms with Gasteiger partial charge < -0.3 is 4.74 Å². The van der Waals surface area contributed by atoms with Crippen molar-refractivity contribution in [3.63, 3.8) is 0 Å². The van der Waals surface area contributed by atoms with E-state index in [-0.39, 0.29) is 5.78 Å². The second-order valence-corrected chi connectivity index (χ2v) is 6.26. The molecule has 2 nitrogen and oxygen atoms in total. The number of carbonyl (C=O) groups excluding carboxylic acids is 1. The second-order valence-electron chi connectivity index (χ2n) is 6.26. The van der Waals surface area contributed by atoms with Gasteiger partial charge in [-0.25, -0.2) is 0 Å². The lowest BCUT2D eigenvalue weighted by atomic mass is 9.74. The van der Waals surface area contributed by atoms with Gasteiger partial charge >= 0.3 is 0 Å². The maximum absolute atomic E-state index is 13.2. The zero-order valence-corrected chi connectivity index (χ0v) is 12.8. The Hall–Kier alpha value is -1.67. The van der Waals surface area contributed by atoms with E-state index in [9.17, 15) is 4.79 Å². The van der Waals surface area contributed by atoms with Crippen molar-refractivity contribution in [2.24, 2.45) is 5.92 Å². The minimum absolute atomic E-state index is 0.147. The largest absolute Gasteiger partial charge is 0.370 e. The fourth-order valence-electron chi connectivity index (χ4n) is 3.66. The van der Waals surface area contributed by atoms with Crippen LogP contribution in [0, 0.1) is 5.92 Å². The summed E-state index contributed by atoms with van der Waals surface area (Å²) in [6, 6.07) is 14.0. The van der Waals surface area contributed by atoms with Gasteiger partial charge in [0.1, 0.15) is 5.60 Å². The number of carbonyl (C=O) groups is 1. The van der Waals surface area contributed by atoms with Crippen molar-refractivity contribution in [1.82, 2.24) is 0 Å². The minimum Gasteiger partial charge on any atom is -0.370 e. The summed E-state index contributed by atoms with van der Waals surface area (Å²) in [4.78, 5) is 13.2. The number of methoxy groups -OCH3 is 1. The number of ketones is 1. The van der Waals surface area contributed by atoms with Gasteiger partial charge in [-0.15, -0.1) is 0 Å². The standard InChI is InChI=1S/C19H22O2/c1-14-7-6-12-19(13-14,21-2)18(20)17-11-5-9-15-8-3-4-10-16(15)17/h3-5,8-11,14H,6-7,12-13H2,1-2H3. The van der Waals surface area contributed by atoms with E-state index in [2.05, 4.69) is 19.1 Å². The van der Waals surface area contributed by atoms with Crippen molar-refractivity contribution in [2.75, 3.05) is 7.11 Å². The van der Waals surface area contributed by atoms with Gasteiger partial charge in [0.2, 0.25) is 0 Å². The van der Waals surface area contributed by atoms with Gasteiger partial charge in [-0.05, 0) is 36.0 Å². The number of fused-ring (bicyclic) bond motifs is 1. The lowest BCUT2D eigenvalue weighted by molar-refractivity contribution is -0.0301. The second kappa shape index (κ2) is 5.61. The molecule has 0 aromatic heterocycles. The van der Waals surface area contributed by atoms with Crippen LogP contribution >= 0.6 is 0 Å². The van der Waals surface area contributed by atoms with Crippen LogP contribution in [0.4, 0.5) is 0 Å². The Morgan fingerprint density at radius 3 is 2.71 bits per heavy atom. The average Bonchev–Trinajstić information content (AvgIpc) is 2.53. The molecule has 0 radical (unpaired) electrons. The summed E-state index contributed by atoms with van der Waals surface area (Å²) in [5.41, 5.74) is 0.158. The summed E-state index contributed by atoms with van der Waals surface area (Å²) in [5, 5.41) is 2.14. The van der Waals surface area contributed by atoms with E-state index in [1.165, 1.54) is 6.42 Å². The van der Waals surface area contributed by atoms with E-state index >= 15 is 0 Å². The summed E-state index contributed by atoms with van der Waals surface area (Å²) < 4.78 is 5.76. The van der Waals surface area contributed by atoms with Crippen molar-refractivity contribution < 1.29 is 9.53 Å². The summed E-state index contributed by atoms with van der Waals surface area (Å²) in [6.45, 7) is 2.21. The van der Waals surface area contributed by atoms with E-state index < -0.39 is 5.60 Å². The third-order valence-electron chi connectivity index (χ3n) is 4.79. The van der Waals surface area contributed by atoms with Gasteiger partial charge in [0.25, 0.3) is 0 Å². The Morgan fingerprint density at radius 2 is 1.95 bits per heavy atom. The third-order valence-corrected chi connectivity index (χ3v) is 4.79. The van der Waals surface area contributed by atoms with Crippen molar-refractivity contribution in [1.29, 1.82) is 0 Å². The quantitative estimate of drug-likeness (QED) is 0.768. The highest BCUT2D eigenvalue weighted by Crippen LogP contribution is 2.38. The van der Waals surface area contributed by atoms with Crippen LogP contribution in [0.1, 0.15) is 43.0 Å². The molecule has 2 atom stereocenters. The molecule has 1 fully saturated rings. The van der Waals surface area contributed by atoms with E-state index in [4.69, 9.17) is 4.74 Å². The summed E-state index contributed by atoms with van der Waals surface area (Å²) >= 11 is 0. The first-order chi connectivity index (χ1) is 10.2. The maximum atomic E-state index is 13.2. The van der Waals surface area contributed by atoms with Gasteiger partial charge in [0.05, 0.1) is 0 Å². The fourth-order valence-corrected chi connectivity index (χ4v) is 3.66. The van der Waals surface area contributed by atoms with Gasteiger partial charge in [0.15, 0.2) is 5.78 Å². The minimum atomic E-state index is -0.637. The molecule has 2 unspecified atom stereocenters. The van der Waals surface area contributed by atoms with E-state index in [0.29, 0.717) is 5.92 Å². The van der Waals surface area contributed by atoms with Crippen molar-refractivity contribution in [3.8, 4) is 0 Å². The van der Waals surface area contributed by atoms with Crippen LogP contribution in [-0.4, -0.2) is 18.5 Å². The molecule has 0 heterocycles. The summed E-state index contributed by atoms with van der Waals surface area (Å²) in [7, 11) is 1.68. The van der Waals surface area contributed by atoms with Crippen molar-refractivity contribution in [2.45, 2.75) is 38.2 Å². The summed E-state index contributed by atoms with van der Waals surface area (Å²) in [5.74, 6) is 0.686. The van der Waals surface area contributed by atoms with Gasteiger partial charge in [-0.3, -0.25) is 4.79 Å². The highest BCUT2D eigenvalue weighted by molar-refractivity contribution is 6.12. The molecule has 1 saturated carbocycles. The van der Waals surface area contributed by atoms with Crippen molar-refractivity contribution in [3.05, 3.63) is 48.0 Å². The van der Waals surface area contributed by atoms with Crippen LogP contribution in [0.2, 0.25) is 0 Å². The molecule has 3 rings (SSSR count). The van der Waals surface area contributed by atoms with Crippen LogP contribution in [0.5, 0.6) is 0 Å². The van der Waals surface area contributed by atoms with Crippen LogP contribution in [-0.2, 0) is 4.74 Å². The Labute approximate surface area is 126 Å². The number of Topliss-reactive ketones (excluding diaryl/α,β-unsaturated/α-hetero) is 1. The lowest BCUT2D eigenvalue weighted by Gasteiger charge is -2.37. The molecule has 0 amide bonds. The number of hydrogen-bond acceptors (Lipinski definition) is 2. The Bertz CT molecular complexity index is 656. The number of benzene rings is 2. The van der Waals surface area contributed by atoms with Gasteiger partial charge in [-0.1, -0.05) is 55.8 Å². The molecule has 21 heavy (non-hydrogen) atoms. The predicted octanol–water partition coefficient (Wildman–Crippen LogP) is 4.62. The van der Waals surface area contributed by atoms with Crippen molar-refractivity contribution >= 4 is 16.6 Å². The molecular weight excluding hydrogens is 260 g/mol. The van der Waals surface area contributed by atoms with E-state index in [1.54, 1.807) is 7.11 Å². The lowest BCUT2D eigenvalue weighted by Crippen LogP contribution is -2.44. The van der Waals surface area contributed by atoms with Gasteiger partial charge in [-0.2, -0.15) is 0 Å². The predicted molar refractivity (Wildman–Crippen MR) is 85.7 cm³/mol. The molecule has 2 aromatic carbocycles. The molecule has 2 heteroatoms. The molecule has 110 valence electrons.